The van der Waals surface area contributed by atoms with E-state index in [4.69, 9.17) is 4.42 Å². The van der Waals surface area contributed by atoms with Gasteiger partial charge in [0.15, 0.2) is 0 Å². The highest BCUT2D eigenvalue weighted by atomic mass is 16.3. The molecule has 1 aliphatic rings. The highest BCUT2D eigenvalue weighted by Gasteiger charge is 2.47. The van der Waals surface area contributed by atoms with Crippen LogP contribution in [0.2, 0.25) is 0 Å². The highest BCUT2D eigenvalue weighted by molar-refractivity contribution is 6.12. The zero-order chi connectivity index (χ0) is 48.3. The zero-order valence-corrected chi connectivity index (χ0v) is 40.0. The van der Waals surface area contributed by atoms with Gasteiger partial charge in [0.2, 0.25) is 0 Å². The molecular weight excluding hydrogens is 883 g/mol. The Bertz CT molecular complexity index is 4040. The van der Waals surface area contributed by atoms with Gasteiger partial charge in [-0.3, -0.25) is 0 Å². The van der Waals surface area contributed by atoms with Crippen molar-refractivity contribution in [2.75, 3.05) is 4.90 Å². The predicted molar refractivity (Wildman–Crippen MR) is 305 cm³/mol. The van der Waals surface area contributed by atoms with E-state index >= 15 is 0 Å². The van der Waals surface area contributed by atoms with Gasteiger partial charge in [-0.2, -0.15) is 0 Å². The standard InChI is InChI=1S/C71H47NO/c1-5-19-48(20-6-1)50-35-40-55(41-36-50)72(56-42-37-51(38-43-56)49-21-7-2-8-22-49)67-46-45-57(58-27-13-14-28-59(58)67)52-39-44-64-66(47-52)71(53-23-9-3-10-24-53,54-25-11-4-12-26-54)65-33-18-30-61(69(64)65)63-32-17-31-62-60-29-15-16-34-68(60)73-70(62)63/h1-47H. The third-order valence-electron chi connectivity index (χ3n) is 15.2. The average Bonchev–Trinajstić information content (AvgIpc) is 4.01. The molecule has 0 fully saturated rings. The second kappa shape index (κ2) is 17.4. The maximum Gasteiger partial charge on any atom is 0.143 e. The lowest BCUT2D eigenvalue weighted by atomic mass is 9.67. The van der Waals surface area contributed by atoms with E-state index < -0.39 is 5.41 Å². The van der Waals surface area contributed by atoms with Crippen molar-refractivity contribution in [1.29, 1.82) is 0 Å². The summed E-state index contributed by atoms with van der Waals surface area (Å²) in [6.45, 7) is 0. The second-order valence-corrected chi connectivity index (χ2v) is 19.1. The minimum absolute atomic E-state index is 0.620. The van der Waals surface area contributed by atoms with Crippen LogP contribution < -0.4 is 4.90 Å². The van der Waals surface area contributed by atoms with Crippen molar-refractivity contribution in [3.63, 3.8) is 0 Å². The Labute approximate surface area is 425 Å². The molecule has 0 saturated heterocycles. The fourth-order valence-corrected chi connectivity index (χ4v) is 11.9. The number of benzene rings is 12. The molecule has 342 valence electrons. The summed E-state index contributed by atoms with van der Waals surface area (Å²) in [4.78, 5) is 2.41. The molecule has 2 nitrogen and oxygen atoms in total. The van der Waals surface area contributed by atoms with Gasteiger partial charge in [-0.1, -0.05) is 243 Å². The molecule has 14 rings (SSSR count). The lowest BCUT2D eigenvalue weighted by molar-refractivity contribution is 0.670. The molecule has 1 aliphatic carbocycles. The lowest BCUT2D eigenvalue weighted by Crippen LogP contribution is -2.28. The van der Waals surface area contributed by atoms with Gasteiger partial charge in [0.25, 0.3) is 0 Å². The first-order chi connectivity index (χ1) is 36.2. The minimum atomic E-state index is -0.620. The largest absolute Gasteiger partial charge is 0.455 e. The summed E-state index contributed by atoms with van der Waals surface area (Å²) in [5.74, 6) is 0. The Morgan fingerprint density at radius 2 is 0.767 bits per heavy atom. The summed E-state index contributed by atoms with van der Waals surface area (Å²) < 4.78 is 6.75. The molecule has 73 heavy (non-hydrogen) atoms. The first-order valence-electron chi connectivity index (χ1n) is 25.2. The van der Waals surface area contributed by atoms with E-state index in [0.29, 0.717) is 0 Å². The Balaban J connectivity index is 0.971. The van der Waals surface area contributed by atoms with Crippen LogP contribution in [0.4, 0.5) is 17.1 Å². The molecule has 0 aliphatic heterocycles. The molecule has 0 atom stereocenters. The quantitative estimate of drug-likeness (QED) is 0.143. The Morgan fingerprint density at radius 3 is 1.40 bits per heavy atom. The summed E-state index contributed by atoms with van der Waals surface area (Å²) >= 11 is 0. The van der Waals surface area contributed by atoms with Crippen LogP contribution in [0.1, 0.15) is 22.3 Å². The van der Waals surface area contributed by atoms with Crippen molar-refractivity contribution in [3.05, 3.63) is 307 Å². The number of furan rings is 1. The van der Waals surface area contributed by atoms with Gasteiger partial charge in [0.1, 0.15) is 11.2 Å². The van der Waals surface area contributed by atoms with E-state index in [0.717, 1.165) is 55.7 Å². The Kier molecular flexibility index (Phi) is 10.1. The third kappa shape index (κ3) is 6.87. The fourth-order valence-electron chi connectivity index (χ4n) is 11.9. The first-order valence-corrected chi connectivity index (χ1v) is 25.2. The number of hydrogen-bond acceptors (Lipinski definition) is 2. The van der Waals surface area contributed by atoms with Crippen LogP contribution >= 0.6 is 0 Å². The van der Waals surface area contributed by atoms with E-state index in [-0.39, 0.29) is 0 Å². The predicted octanol–water partition coefficient (Wildman–Crippen LogP) is 19.2. The second-order valence-electron chi connectivity index (χ2n) is 19.1. The fraction of sp³-hybridized carbons (Fsp3) is 0.0141. The molecule has 0 amide bonds. The van der Waals surface area contributed by atoms with Crippen LogP contribution in [0.15, 0.2) is 290 Å². The monoisotopic (exact) mass is 929 g/mol. The van der Waals surface area contributed by atoms with E-state index in [1.165, 1.54) is 72.0 Å². The van der Waals surface area contributed by atoms with Crippen molar-refractivity contribution < 1.29 is 4.42 Å². The van der Waals surface area contributed by atoms with Crippen LogP contribution in [-0.2, 0) is 5.41 Å². The van der Waals surface area contributed by atoms with Gasteiger partial charge in [0.05, 0.1) is 11.1 Å². The third-order valence-corrected chi connectivity index (χ3v) is 15.2. The molecule has 0 unspecified atom stereocenters. The number of para-hydroxylation sites is 2. The van der Waals surface area contributed by atoms with Crippen molar-refractivity contribution >= 4 is 49.8 Å². The Morgan fingerprint density at radius 1 is 0.288 bits per heavy atom. The average molecular weight is 930 g/mol. The smallest absolute Gasteiger partial charge is 0.143 e. The first kappa shape index (κ1) is 42.4. The van der Waals surface area contributed by atoms with E-state index in [9.17, 15) is 0 Å². The van der Waals surface area contributed by atoms with Crippen LogP contribution in [0.25, 0.3) is 88.3 Å². The molecule has 2 heteroatoms. The SMILES string of the molecule is c1ccc(-c2ccc(N(c3ccc(-c4ccccc4)cc3)c3ccc(-c4ccc5c(c4)C(c4ccccc4)(c4ccccc4)c4cccc(-c6cccc7c6oc6ccccc67)c4-5)c4ccccc34)cc2)cc1. The van der Waals surface area contributed by atoms with Gasteiger partial charge >= 0.3 is 0 Å². The van der Waals surface area contributed by atoms with E-state index in [1.54, 1.807) is 0 Å². The van der Waals surface area contributed by atoms with E-state index in [2.05, 4.69) is 290 Å². The van der Waals surface area contributed by atoms with Crippen molar-refractivity contribution in [2.24, 2.45) is 0 Å². The van der Waals surface area contributed by atoms with Crippen LogP contribution in [0.3, 0.4) is 0 Å². The molecule has 0 spiro atoms. The molecule has 0 saturated carbocycles. The van der Waals surface area contributed by atoms with Gasteiger partial charge in [0, 0.05) is 33.1 Å². The summed E-state index contributed by atoms with van der Waals surface area (Å²) in [5.41, 5.74) is 21.3. The maximum absolute atomic E-state index is 6.75. The van der Waals surface area contributed by atoms with Crippen LogP contribution in [0.5, 0.6) is 0 Å². The lowest BCUT2D eigenvalue weighted by Gasteiger charge is -2.34. The van der Waals surface area contributed by atoms with Crippen molar-refractivity contribution in [1.82, 2.24) is 0 Å². The topological polar surface area (TPSA) is 16.4 Å². The highest BCUT2D eigenvalue weighted by Crippen LogP contribution is 2.59. The zero-order valence-electron chi connectivity index (χ0n) is 40.0. The summed E-state index contributed by atoms with van der Waals surface area (Å²) in [5, 5.41) is 4.60. The summed E-state index contributed by atoms with van der Waals surface area (Å²) in [6.07, 6.45) is 0. The van der Waals surface area contributed by atoms with Crippen LogP contribution in [0, 0.1) is 0 Å². The van der Waals surface area contributed by atoms with Gasteiger partial charge in [-0.25, -0.2) is 0 Å². The molecule has 12 aromatic carbocycles. The summed E-state index contributed by atoms with van der Waals surface area (Å²) in [6, 6.07) is 104. The molecular formula is C71H47NO. The Hall–Kier alpha value is -9.50. The number of anilines is 3. The maximum atomic E-state index is 6.75. The molecule has 1 aromatic heterocycles. The summed E-state index contributed by atoms with van der Waals surface area (Å²) in [7, 11) is 0. The van der Waals surface area contributed by atoms with Gasteiger partial charge < -0.3 is 9.32 Å². The molecule has 0 bridgehead atoms. The number of hydrogen-bond donors (Lipinski definition) is 0. The molecule has 1 heterocycles. The minimum Gasteiger partial charge on any atom is -0.455 e. The number of nitrogens with zero attached hydrogens (tertiary/aromatic N) is 1. The van der Waals surface area contributed by atoms with Gasteiger partial charge in [-0.05, 0) is 120 Å². The van der Waals surface area contributed by atoms with Gasteiger partial charge in [-0.15, -0.1) is 0 Å². The normalized spacial score (nSPS) is 12.5. The molecule has 0 N–H and O–H groups in total. The van der Waals surface area contributed by atoms with E-state index in [1.807, 2.05) is 0 Å². The van der Waals surface area contributed by atoms with Crippen LogP contribution in [-0.4, -0.2) is 0 Å². The molecule has 0 radical (unpaired) electrons. The van der Waals surface area contributed by atoms with Crippen molar-refractivity contribution in [3.8, 4) is 55.6 Å². The number of rotatable bonds is 9. The molecule has 13 aromatic rings. The van der Waals surface area contributed by atoms with Crippen molar-refractivity contribution in [2.45, 2.75) is 5.41 Å². The number of fused-ring (bicyclic) bond motifs is 7.